The molecule has 3 atom stereocenters. The molecule has 3 unspecified atom stereocenters. The lowest BCUT2D eigenvalue weighted by Gasteiger charge is -2.28. The van der Waals surface area contributed by atoms with Gasteiger partial charge in [-0.3, -0.25) is 4.90 Å². The molecule has 2 N–H and O–H groups in total. The van der Waals surface area contributed by atoms with Crippen LogP contribution in [0, 0.1) is 5.92 Å². The van der Waals surface area contributed by atoms with E-state index in [4.69, 9.17) is 0 Å². The molecule has 92 valence electrons. The standard InChI is InChI=1S/C10H20N2O.2ClH/c1-8(9-2-4-11-6-9)12-5-3-10(13)7-12;;/h8-11,13H,2-7H2,1H3;2*1H. The summed E-state index contributed by atoms with van der Waals surface area (Å²) < 4.78 is 0. The molecule has 2 aliphatic rings. The maximum Gasteiger partial charge on any atom is 0.0679 e. The Kier molecular flexibility index (Phi) is 7.13. The molecule has 0 aliphatic carbocycles. The highest BCUT2D eigenvalue weighted by molar-refractivity contribution is 5.85. The van der Waals surface area contributed by atoms with Crippen molar-refractivity contribution in [3.05, 3.63) is 0 Å². The topological polar surface area (TPSA) is 35.5 Å². The van der Waals surface area contributed by atoms with Crippen molar-refractivity contribution in [2.45, 2.75) is 31.9 Å². The summed E-state index contributed by atoms with van der Waals surface area (Å²) in [7, 11) is 0. The number of hydrogen-bond donors (Lipinski definition) is 2. The highest BCUT2D eigenvalue weighted by atomic mass is 35.5. The van der Waals surface area contributed by atoms with Crippen molar-refractivity contribution in [2.24, 2.45) is 5.92 Å². The monoisotopic (exact) mass is 256 g/mol. The minimum Gasteiger partial charge on any atom is -0.392 e. The number of nitrogens with zero attached hydrogens (tertiary/aromatic N) is 1. The van der Waals surface area contributed by atoms with Gasteiger partial charge in [0.25, 0.3) is 0 Å². The predicted molar refractivity (Wildman–Crippen MR) is 67.1 cm³/mol. The zero-order valence-electron chi connectivity index (χ0n) is 9.19. The summed E-state index contributed by atoms with van der Waals surface area (Å²) in [5.41, 5.74) is 0. The van der Waals surface area contributed by atoms with Gasteiger partial charge in [-0.2, -0.15) is 0 Å². The van der Waals surface area contributed by atoms with E-state index in [1.165, 1.54) is 13.0 Å². The first-order valence-electron chi connectivity index (χ1n) is 5.40. The normalized spacial score (nSPS) is 33.2. The molecule has 3 nitrogen and oxygen atoms in total. The Labute approximate surface area is 104 Å². The second kappa shape index (κ2) is 6.92. The van der Waals surface area contributed by atoms with Gasteiger partial charge in [0.1, 0.15) is 0 Å². The molecule has 0 aromatic heterocycles. The van der Waals surface area contributed by atoms with Gasteiger partial charge in [-0.15, -0.1) is 24.8 Å². The second-order valence-electron chi connectivity index (χ2n) is 4.43. The van der Waals surface area contributed by atoms with E-state index in [-0.39, 0.29) is 30.9 Å². The molecule has 0 aromatic rings. The fraction of sp³-hybridized carbons (Fsp3) is 1.00. The first-order valence-corrected chi connectivity index (χ1v) is 5.40. The maximum absolute atomic E-state index is 9.43. The summed E-state index contributed by atoms with van der Waals surface area (Å²) in [6.45, 7) is 6.60. The number of halogens is 2. The van der Waals surface area contributed by atoms with Crippen LogP contribution >= 0.6 is 24.8 Å². The second-order valence-corrected chi connectivity index (χ2v) is 4.43. The lowest BCUT2D eigenvalue weighted by molar-refractivity contribution is 0.145. The maximum atomic E-state index is 9.43. The van der Waals surface area contributed by atoms with Crippen molar-refractivity contribution in [2.75, 3.05) is 26.2 Å². The van der Waals surface area contributed by atoms with Crippen LogP contribution in [0.5, 0.6) is 0 Å². The first-order chi connectivity index (χ1) is 6.27. The first kappa shape index (κ1) is 15.5. The van der Waals surface area contributed by atoms with Gasteiger partial charge < -0.3 is 10.4 Å². The average Bonchev–Trinajstić information content (AvgIpc) is 2.72. The summed E-state index contributed by atoms with van der Waals surface area (Å²) in [4.78, 5) is 2.43. The van der Waals surface area contributed by atoms with Gasteiger partial charge in [0, 0.05) is 19.1 Å². The Morgan fingerprint density at radius 1 is 1.33 bits per heavy atom. The van der Waals surface area contributed by atoms with E-state index < -0.39 is 0 Å². The van der Waals surface area contributed by atoms with Crippen molar-refractivity contribution >= 4 is 24.8 Å². The van der Waals surface area contributed by atoms with Crippen molar-refractivity contribution in [1.29, 1.82) is 0 Å². The van der Waals surface area contributed by atoms with Gasteiger partial charge in [-0.25, -0.2) is 0 Å². The summed E-state index contributed by atoms with van der Waals surface area (Å²) in [6.07, 6.45) is 2.19. The largest absolute Gasteiger partial charge is 0.392 e. The van der Waals surface area contributed by atoms with Crippen LogP contribution in [0.15, 0.2) is 0 Å². The van der Waals surface area contributed by atoms with Gasteiger partial charge in [0.15, 0.2) is 0 Å². The lowest BCUT2D eigenvalue weighted by Crippen LogP contribution is -2.38. The molecule has 15 heavy (non-hydrogen) atoms. The zero-order chi connectivity index (χ0) is 9.26. The highest BCUT2D eigenvalue weighted by Crippen LogP contribution is 2.21. The van der Waals surface area contributed by atoms with Gasteiger partial charge in [0.2, 0.25) is 0 Å². The fourth-order valence-electron chi connectivity index (χ4n) is 2.52. The van der Waals surface area contributed by atoms with Crippen LogP contribution in [0.4, 0.5) is 0 Å². The number of aliphatic hydroxyl groups excluding tert-OH is 1. The third-order valence-corrected chi connectivity index (χ3v) is 3.55. The molecule has 0 saturated carbocycles. The molecule has 0 bridgehead atoms. The number of aliphatic hydroxyl groups is 1. The molecule has 2 saturated heterocycles. The van der Waals surface area contributed by atoms with Crippen molar-refractivity contribution in [3.63, 3.8) is 0 Å². The molecular weight excluding hydrogens is 235 g/mol. The van der Waals surface area contributed by atoms with E-state index in [2.05, 4.69) is 17.1 Å². The van der Waals surface area contributed by atoms with Crippen molar-refractivity contribution in [3.8, 4) is 0 Å². The smallest absolute Gasteiger partial charge is 0.0679 e. The van der Waals surface area contributed by atoms with E-state index in [0.717, 1.165) is 32.0 Å². The Hall–Kier alpha value is 0.460. The average molecular weight is 257 g/mol. The summed E-state index contributed by atoms with van der Waals surface area (Å²) in [5.74, 6) is 0.797. The van der Waals surface area contributed by atoms with Crippen LogP contribution < -0.4 is 5.32 Å². The van der Waals surface area contributed by atoms with Crippen LogP contribution in [0.3, 0.4) is 0 Å². The molecule has 0 spiro atoms. The highest BCUT2D eigenvalue weighted by Gasteiger charge is 2.30. The van der Waals surface area contributed by atoms with Gasteiger partial charge in [0.05, 0.1) is 6.10 Å². The molecule has 2 heterocycles. The number of β-amino-alcohol motifs (C(OH)–C–C–N with tert-alkyl or cyclic N) is 1. The lowest BCUT2D eigenvalue weighted by atomic mass is 9.99. The Morgan fingerprint density at radius 3 is 2.53 bits per heavy atom. The van der Waals surface area contributed by atoms with Crippen LogP contribution in [-0.4, -0.2) is 48.3 Å². The zero-order valence-corrected chi connectivity index (χ0v) is 10.8. The third kappa shape index (κ3) is 3.75. The van der Waals surface area contributed by atoms with Crippen molar-refractivity contribution in [1.82, 2.24) is 10.2 Å². The van der Waals surface area contributed by atoms with Crippen LogP contribution in [0.25, 0.3) is 0 Å². The van der Waals surface area contributed by atoms with Crippen LogP contribution in [0.2, 0.25) is 0 Å². The summed E-state index contributed by atoms with van der Waals surface area (Å²) in [5, 5.41) is 12.8. The minimum atomic E-state index is -0.0724. The minimum absolute atomic E-state index is 0. The van der Waals surface area contributed by atoms with Crippen LogP contribution in [0.1, 0.15) is 19.8 Å². The Bertz CT molecular complexity index is 177. The van der Waals surface area contributed by atoms with Crippen molar-refractivity contribution < 1.29 is 5.11 Å². The Balaban J connectivity index is 0.000000980. The molecule has 2 aliphatic heterocycles. The molecule has 0 aromatic carbocycles. The third-order valence-electron chi connectivity index (χ3n) is 3.55. The quantitative estimate of drug-likeness (QED) is 0.771. The number of hydrogen-bond acceptors (Lipinski definition) is 3. The number of nitrogens with one attached hydrogen (secondary N) is 1. The molecule has 2 rings (SSSR count). The van der Waals surface area contributed by atoms with E-state index in [9.17, 15) is 5.11 Å². The molecule has 5 heteroatoms. The van der Waals surface area contributed by atoms with E-state index in [1.54, 1.807) is 0 Å². The SMILES string of the molecule is CC(C1CCNC1)N1CCC(O)C1.Cl.Cl. The summed E-state index contributed by atoms with van der Waals surface area (Å²) in [6, 6.07) is 0.646. The summed E-state index contributed by atoms with van der Waals surface area (Å²) >= 11 is 0. The van der Waals surface area contributed by atoms with Crippen LogP contribution in [-0.2, 0) is 0 Å². The predicted octanol–water partition coefficient (Wildman–Crippen LogP) is 0.895. The van der Waals surface area contributed by atoms with E-state index in [0.29, 0.717) is 6.04 Å². The van der Waals surface area contributed by atoms with Gasteiger partial charge in [-0.1, -0.05) is 0 Å². The van der Waals surface area contributed by atoms with E-state index >= 15 is 0 Å². The van der Waals surface area contributed by atoms with E-state index in [1.807, 2.05) is 0 Å². The molecule has 0 radical (unpaired) electrons. The molecular formula is C10H22Cl2N2O. The fourth-order valence-corrected chi connectivity index (χ4v) is 2.52. The number of rotatable bonds is 2. The van der Waals surface area contributed by atoms with Gasteiger partial charge in [-0.05, 0) is 38.8 Å². The molecule has 2 fully saturated rings. The number of likely N-dealkylation sites (tertiary alicyclic amines) is 1. The molecule has 0 amide bonds. The van der Waals surface area contributed by atoms with Gasteiger partial charge >= 0.3 is 0 Å². The Morgan fingerprint density at radius 2 is 2.07 bits per heavy atom.